The van der Waals surface area contributed by atoms with Crippen LogP contribution in [0.15, 0.2) is 4.52 Å². The second kappa shape index (κ2) is 2.95. The first-order valence-corrected chi connectivity index (χ1v) is 4.15. The fourth-order valence-corrected chi connectivity index (χ4v) is 1.70. The molecule has 4 nitrogen and oxygen atoms in total. The van der Waals surface area contributed by atoms with Crippen LogP contribution in [0.1, 0.15) is 17.9 Å². The number of hydrogen-bond donors (Lipinski definition) is 1. The van der Waals surface area contributed by atoms with Gasteiger partial charge in [0.2, 0.25) is 5.88 Å². The molecular weight excluding hydrogens is 180 g/mol. The topological polar surface area (TPSA) is 61.3 Å². The van der Waals surface area contributed by atoms with E-state index in [0.29, 0.717) is 17.6 Å². The smallest absolute Gasteiger partial charge is 0.227 e. The van der Waals surface area contributed by atoms with Gasteiger partial charge in [-0.05, 0) is 6.42 Å². The lowest BCUT2D eigenvalue weighted by Crippen LogP contribution is -2.00. The zero-order chi connectivity index (χ0) is 8.55. The number of hydrogen-bond acceptors (Lipinski definition) is 4. The van der Waals surface area contributed by atoms with Crippen LogP contribution in [0.25, 0.3) is 0 Å². The van der Waals surface area contributed by atoms with Gasteiger partial charge in [0.15, 0.2) is 5.15 Å². The third kappa shape index (κ3) is 1.17. The number of ether oxygens (including phenoxy) is 1. The standard InChI is InChI=1S/C7H9ClN2O2/c8-6-5(7(9)12-10-6)4-1-2-11-3-4/h4H,1-3,9H2. The minimum absolute atomic E-state index is 0.253. The average Bonchev–Trinajstić information content (AvgIpc) is 2.61. The Morgan fingerprint density at radius 3 is 2.92 bits per heavy atom. The summed E-state index contributed by atoms with van der Waals surface area (Å²) >= 11 is 5.78. The van der Waals surface area contributed by atoms with E-state index in [0.717, 1.165) is 18.6 Å². The lowest BCUT2D eigenvalue weighted by molar-refractivity contribution is 0.194. The van der Waals surface area contributed by atoms with Gasteiger partial charge in [-0.25, -0.2) is 0 Å². The van der Waals surface area contributed by atoms with E-state index in [4.69, 9.17) is 26.6 Å². The van der Waals surface area contributed by atoms with Crippen molar-refractivity contribution in [2.24, 2.45) is 0 Å². The van der Waals surface area contributed by atoms with Gasteiger partial charge in [0.25, 0.3) is 0 Å². The number of aromatic nitrogens is 1. The first-order chi connectivity index (χ1) is 5.79. The first-order valence-electron chi connectivity index (χ1n) is 3.77. The van der Waals surface area contributed by atoms with Gasteiger partial charge in [-0.1, -0.05) is 16.8 Å². The van der Waals surface area contributed by atoms with Crippen molar-refractivity contribution in [3.05, 3.63) is 10.7 Å². The number of rotatable bonds is 1. The highest BCUT2D eigenvalue weighted by molar-refractivity contribution is 6.30. The van der Waals surface area contributed by atoms with Gasteiger partial charge >= 0.3 is 0 Å². The minimum Gasteiger partial charge on any atom is -0.381 e. The largest absolute Gasteiger partial charge is 0.381 e. The molecule has 0 aliphatic carbocycles. The molecule has 0 radical (unpaired) electrons. The Kier molecular flexibility index (Phi) is 1.94. The zero-order valence-corrected chi connectivity index (χ0v) is 7.17. The van der Waals surface area contributed by atoms with Crippen molar-refractivity contribution in [1.82, 2.24) is 5.16 Å². The SMILES string of the molecule is Nc1onc(Cl)c1C1CCOC1. The summed E-state index contributed by atoms with van der Waals surface area (Å²) in [6.07, 6.45) is 0.936. The molecule has 2 heterocycles. The molecule has 0 saturated carbocycles. The highest BCUT2D eigenvalue weighted by atomic mass is 35.5. The number of nitrogens with two attached hydrogens (primary N) is 1. The maximum Gasteiger partial charge on any atom is 0.227 e. The molecule has 2 N–H and O–H groups in total. The van der Waals surface area contributed by atoms with Crippen LogP contribution < -0.4 is 5.73 Å². The molecule has 1 aromatic rings. The lowest BCUT2D eigenvalue weighted by atomic mass is 10.0. The summed E-state index contributed by atoms with van der Waals surface area (Å²) < 4.78 is 9.96. The van der Waals surface area contributed by atoms with Crippen LogP contribution in [0.4, 0.5) is 5.88 Å². The summed E-state index contributed by atoms with van der Waals surface area (Å²) in [5.74, 6) is 0.569. The van der Waals surface area contributed by atoms with Gasteiger partial charge in [-0.3, -0.25) is 0 Å². The van der Waals surface area contributed by atoms with Crippen LogP contribution in [0.2, 0.25) is 5.15 Å². The van der Waals surface area contributed by atoms with Crippen LogP contribution in [0.3, 0.4) is 0 Å². The number of anilines is 1. The van der Waals surface area contributed by atoms with Crippen molar-refractivity contribution >= 4 is 17.5 Å². The molecule has 2 rings (SSSR count). The zero-order valence-electron chi connectivity index (χ0n) is 6.42. The van der Waals surface area contributed by atoms with Gasteiger partial charge in [0.05, 0.1) is 12.2 Å². The van der Waals surface area contributed by atoms with Crippen molar-refractivity contribution in [3.63, 3.8) is 0 Å². The third-order valence-electron chi connectivity index (χ3n) is 2.05. The molecule has 1 aliphatic rings. The molecule has 0 amide bonds. The molecule has 0 bridgehead atoms. The molecular formula is C7H9ClN2O2. The van der Waals surface area contributed by atoms with Gasteiger partial charge in [0.1, 0.15) is 0 Å². The van der Waals surface area contributed by atoms with E-state index in [2.05, 4.69) is 5.16 Å². The fourth-order valence-electron chi connectivity index (χ4n) is 1.42. The monoisotopic (exact) mass is 188 g/mol. The van der Waals surface area contributed by atoms with Crippen molar-refractivity contribution in [3.8, 4) is 0 Å². The number of nitrogens with zero attached hydrogens (tertiary/aromatic N) is 1. The van der Waals surface area contributed by atoms with Gasteiger partial charge in [0, 0.05) is 12.5 Å². The molecule has 1 aliphatic heterocycles. The summed E-state index contributed by atoms with van der Waals surface area (Å²) in [7, 11) is 0. The summed E-state index contributed by atoms with van der Waals surface area (Å²) in [4.78, 5) is 0. The Balaban J connectivity index is 2.30. The minimum atomic E-state index is 0.253. The van der Waals surface area contributed by atoms with Crippen molar-refractivity contribution in [1.29, 1.82) is 0 Å². The van der Waals surface area contributed by atoms with E-state index in [1.165, 1.54) is 0 Å². The van der Waals surface area contributed by atoms with Gasteiger partial charge < -0.3 is 15.0 Å². The normalized spacial score (nSPS) is 23.2. The molecule has 1 aromatic heterocycles. The van der Waals surface area contributed by atoms with E-state index in [9.17, 15) is 0 Å². The van der Waals surface area contributed by atoms with Gasteiger partial charge in [-0.15, -0.1) is 0 Å². The van der Waals surface area contributed by atoms with Crippen LogP contribution in [0.5, 0.6) is 0 Å². The highest BCUT2D eigenvalue weighted by Crippen LogP contribution is 2.34. The van der Waals surface area contributed by atoms with Crippen LogP contribution in [-0.4, -0.2) is 18.4 Å². The summed E-state index contributed by atoms with van der Waals surface area (Å²) in [5.41, 5.74) is 6.35. The van der Waals surface area contributed by atoms with Crippen LogP contribution >= 0.6 is 11.6 Å². The highest BCUT2D eigenvalue weighted by Gasteiger charge is 2.25. The fraction of sp³-hybridized carbons (Fsp3) is 0.571. The maximum absolute atomic E-state index is 5.78. The second-order valence-corrected chi connectivity index (χ2v) is 3.17. The summed E-state index contributed by atoms with van der Waals surface area (Å²) in [6.45, 7) is 1.41. The Morgan fingerprint density at radius 2 is 2.42 bits per heavy atom. The molecule has 0 aromatic carbocycles. The van der Waals surface area contributed by atoms with Crippen molar-refractivity contribution in [2.75, 3.05) is 18.9 Å². The Morgan fingerprint density at radius 1 is 1.58 bits per heavy atom. The first kappa shape index (κ1) is 7.89. The summed E-state index contributed by atoms with van der Waals surface area (Å²) in [6, 6.07) is 0. The van der Waals surface area contributed by atoms with Crippen LogP contribution in [-0.2, 0) is 4.74 Å². The molecule has 66 valence electrons. The Hall–Kier alpha value is -0.740. The number of nitrogen functional groups attached to an aromatic ring is 1. The molecule has 0 spiro atoms. The quantitative estimate of drug-likeness (QED) is 0.724. The van der Waals surface area contributed by atoms with E-state index in [1.54, 1.807) is 0 Å². The second-order valence-electron chi connectivity index (χ2n) is 2.81. The van der Waals surface area contributed by atoms with E-state index < -0.39 is 0 Å². The molecule has 1 unspecified atom stereocenters. The predicted octanol–water partition coefficient (Wildman–Crippen LogP) is 1.41. The summed E-state index contributed by atoms with van der Waals surface area (Å²) in [5, 5.41) is 3.93. The third-order valence-corrected chi connectivity index (χ3v) is 2.32. The molecule has 1 atom stereocenters. The maximum atomic E-state index is 5.78. The number of halogens is 1. The van der Waals surface area contributed by atoms with Crippen LogP contribution in [0, 0.1) is 0 Å². The Bertz CT molecular complexity index is 261. The average molecular weight is 189 g/mol. The van der Waals surface area contributed by atoms with E-state index >= 15 is 0 Å². The molecule has 1 saturated heterocycles. The Labute approximate surface area is 74.6 Å². The van der Waals surface area contributed by atoms with E-state index in [-0.39, 0.29) is 5.92 Å². The van der Waals surface area contributed by atoms with Crippen molar-refractivity contribution in [2.45, 2.75) is 12.3 Å². The van der Waals surface area contributed by atoms with E-state index in [1.807, 2.05) is 0 Å². The lowest BCUT2D eigenvalue weighted by Gasteiger charge is -2.03. The molecule has 1 fully saturated rings. The van der Waals surface area contributed by atoms with Crippen molar-refractivity contribution < 1.29 is 9.26 Å². The van der Waals surface area contributed by atoms with Gasteiger partial charge in [-0.2, -0.15) is 0 Å². The molecule has 5 heteroatoms. The predicted molar refractivity (Wildman–Crippen MR) is 44.1 cm³/mol. The molecule has 12 heavy (non-hydrogen) atoms.